The average Bonchev–Trinajstić information content (AvgIpc) is 3.23. The van der Waals surface area contributed by atoms with E-state index in [1.807, 2.05) is 17.2 Å². The third kappa shape index (κ3) is 4.39. The van der Waals surface area contributed by atoms with Crippen LogP contribution in [0.15, 0.2) is 17.0 Å². The lowest BCUT2D eigenvalue weighted by Crippen LogP contribution is -2.55. The molecule has 1 aliphatic heterocycles. The SMILES string of the molecule is CC(C(=O)NC1CC1)N1CCN(C(=O)/C=C/c2cscn2)CC1. The molecule has 1 saturated heterocycles. The summed E-state index contributed by atoms with van der Waals surface area (Å²) >= 11 is 1.51. The molecule has 1 aromatic heterocycles. The smallest absolute Gasteiger partial charge is 0.246 e. The highest BCUT2D eigenvalue weighted by atomic mass is 32.1. The van der Waals surface area contributed by atoms with E-state index in [4.69, 9.17) is 0 Å². The van der Waals surface area contributed by atoms with Crippen molar-refractivity contribution < 1.29 is 9.59 Å². The van der Waals surface area contributed by atoms with Crippen molar-refractivity contribution >= 4 is 29.2 Å². The molecule has 1 aromatic rings. The third-order valence-electron chi connectivity index (χ3n) is 4.32. The summed E-state index contributed by atoms with van der Waals surface area (Å²) in [6.45, 7) is 4.71. The number of carbonyl (C=O) groups is 2. The summed E-state index contributed by atoms with van der Waals surface area (Å²) in [6.07, 6.45) is 5.53. The standard InChI is InChI=1S/C16H22N4O2S/c1-12(16(22)18-13-2-3-13)19-6-8-20(9-7-19)15(21)5-4-14-10-23-11-17-14/h4-5,10-13H,2-3,6-9H2,1H3,(H,18,22)/b5-4+. The fraction of sp³-hybridized carbons (Fsp3) is 0.562. The lowest BCUT2D eigenvalue weighted by atomic mass is 10.2. The van der Waals surface area contributed by atoms with Gasteiger partial charge >= 0.3 is 0 Å². The Balaban J connectivity index is 1.45. The molecular weight excluding hydrogens is 312 g/mol. The van der Waals surface area contributed by atoms with Crippen LogP contribution in [0.4, 0.5) is 0 Å². The van der Waals surface area contributed by atoms with Crippen LogP contribution >= 0.6 is 11.3 Å². The van der Waals surface area contributed by atoms with Gasteiger partial charge in [0.15, 0.2) is 0 Å². The molecule has 1 aliphatic carbocycles. The van der Waals surface area contributed by atoms with Gasteiger partial charge < -0.3 is 10.2 Å². The van der Waals surface area contributed by atoms with E-state index < -0.39 is 0 Å². The largest absolute Gasteiger partial charge is 0.352 e. The predicted octanol–water partition coefficient (Wildman–Crippen LogP) is 0.968. The maximum atomic E-state index is 12.2. The van der Waals surface area contributed by atoms with Crippen molar-refractivity contribution in [2.45, 2.75) is 31.8 Å². The molecule has 1 saturated carbocycles. The van der Waals surface area contributed by atoms with Crippen LogP contribution in [0.1, 0.15) is 25.5 Å². The monoisotopic (exact) mass is 334 g/mol. The fourth-order valence-electron chi connectivity index (χ4n) is 2.61. The number of hydrogen-bond donors (Lipinski definition) is 1. The molecule has 1 unspecified atom stereocenters. The average molecular weight is 334 g/mol. The number of nitrogens with one attached hydrogen (secondary N) is 1. The van der Waals surface area contributed by atoms with Gasteiger partial charge in [0.2, 0.25) is 11.8 Å². The van der Waals surface area contributed by atoms with Gasteiger partial charge in [-0.2, -0.15) is 0 Å². The number of rotatable bonds is 5. The highest BCUT2D eigenvalue weighted by molar-refractivity contribution is 7.07. The molecule has 2 fully saturated rings. The number of aromatic nitrogens is 1. The Morgan fingerprint density at radius 3 is 2.70 bits per heavy atom. The van der Waals surface area contributed by atoms with Gasteiger partial charge in [0.05, 0.1) is 17.2 Å². The normalized spacial score (nSPS) is 20.7. The van der Waals surface area contributed by atoms with Gasteiger partial charge in [0.1, 0.15) is 0 Å². The Kier molecular flexibility index (Phi) is 5.07. The summed E-state index contributed by atoms with van der Waals surface area (Å²) in [4.78, 5) is 32.4. The molecule has 0 aromatic carbocycles. The van der Waals surface area contributed by atoms with Crippen molar-refractivity contribution in [3.63, 3.8) is 0 Å². The third-order valence-corrected chi connectivity index (χ3v) is 4.93. The zero-order valence-corrected chi connectivity index (χ0v) is 14.1. The number of carbonyl (C=O) groups excluding carboxylic acids is 2. The molecule has 0 spiro atoms. The van der Waals surface area contributed by atoms with E-state index in [1.165, 1.54) is 11.3 Å². The summed E-state index contributed by atoms with van der Waals surface area (Å²) in [5, 5.41) is 4.95. The van der Waals surface area contributed by atoms with E-state index in [9.17, 15) is 9.59 Å². The number of amides is 2. The maximum absolute atomic E-state index is 12.2. The van der Waals surface area contributed by atoms with Crippen LogP contribution < -0.4 is 5.32 Å². The van der Waals surface area contributed by atoms with Crippen molar-refractivity contribution in [2.24, 2.45) is 0 Å². The number of nitrogens with zero attached hydrogens (tertiary/aromatic N) is 3. The molecule has 1 N–H and O–H groups in total. The van der Waals surface area contributed by atoms with Crippen molar-refractivity contribution in [2.75, 3.05) is 26.2 Å². The summed E-state index contributed by atoms with van der Waals surface area (Å²) in [6, 6.07) is 0.266. The molecule has 6 nitrogen and oxygen atoms in total. The van der Waals surface area contributed by atoms with Gasteiger partial charge in [0, 0.05) is 43.7 Å². The first-order valence-corrected chi connectivity index (χ1v) is 8.97. The second-order valence-corrected chi connectivity index (χ2v) is 6.79. The molecule has 0 bridgehead atoms. The molecule has 1 atom stereocenters. The minimum atomic E-state index is -0.126. The van der Waals surface area contributed by atoms with Gasteiger partial charge in [-0.05, 0) is 25.8 Å². The van der Waals surface area contributed by atoms with E-state index in [0.29, 0.717) is 19.1 Å². The Morgan fingerprint density at radius 1 is 1.35 bits per heavy atom. The second-order valence-electron chi connectivity index (χ2n) is 6.07. The van der Waals surface area contributed by atoms with E-state index in [2.05, 4.69) is 15.2 Å². The summed E-state index contributed by atoms with van der Waals surface area (Å²) in [5.41, 5.74) is 2.56. The van der Waals surface area contributed by atoms with Gasteiger partial charge in [0.25, 0.3) is 0 Å². The molecule has 0 radical (unpaired) electrons. The van der Waals surface area contributed by atoms with Crippen molar-refractivity contribution in [1.82, 2.24) is 20.1 Å². The van der Waals surface area contributed by atoms with E-state index in [-0.39, 0.29) is 17.9 Å². The predicted molar refractivity (Wildman–Crippen MR) is 89.9 cm³/mol. The summed E-state index contributed by atoms with van der Waals surface area (Å²) < 4.78 is 0. The van der Waals surface area contributed by atoms with Gasteiger partial charge in [-0.15, -0.1) is 11.3 Å². The quantitative estimate of drug-likeness (QED) is 0.815. The highest BCUT2D eigenvalue weighted by Crippen LogP contribution is 2.19. The van der Waals surface area contributed by atoms with Gasteiger partial charge in [-0.1, -0.05) is 0 Å². The fourth-order valence-corrected chi connectivity index (χ4v) is 3.13. The molecular formula is C16H22N4O2S. The summed E-state index contributed by atoms with van der Waals surface area (Å²) in [7, 11) is 0. The number of piperazine rings is 1. The van der Waals surface area contributed by atoms with Crippen LogP contribution in [-0.4, -0.2) is 64.9 Å². The Labute approximate surface area is 140 Å². The summed E-state index contributed by atoms with van der Waals surface area (Å²) in [5.74, 6) is 0.114. The lowest BCUT2D eigenvalue weighted by molar-refractivity contribution is -0.130. The Bertz CT molecular complexity index is 575. The van der Waals surface area contributed by atoms with E-state index in [1.54, 1.807) is 17.7 Å². The topological polar surface area (TPSA) is 65.5 Å². The Hall–Kier alpha value is -1.73. The molecule has 23 heavy (non-hydrogen) atoms. The lowest BCUT2D eigenvalue weighted by Gasteiger charge is -2.37. The van der Waals surface area contributed by atoms with Crippen LogP contribution in [0.3, 0.4) is 0 Å². The van der Waals surface area contributed by atoms with Crippen molar-refractivity contribution in [1.29, 1.82) is 0 Å². The van der Waals surface area contributed by atoms with Gasteiger partial charge in [-0.25, -0.2) is 4.98 Å². The van der Waals surface area contributed by atoms with Crippen LogP contribution in [0.2, 0.25) is 0 Å². The van der Waals surface area contributed by atoms with Crippen LogP contribution in [0.5, 0.6) is 0 Å². The first-order chi connectivity index (χ1) is 11.1. The molecule has 124 valence electrons. The number of thiazole rings is 1. The molecule has 7 heteroatoms. The first-order valence-electron chi connectivity index (χ1n) is 8.03. The first kappa shape index (κ1) is 16.1. The Morgan fingerprint density at radius 2 is 2.09 bits per heavy atom. The van der Waals surface area contributed by atoms with Crippen LogP contribution in [0.25, 0.3) is 6.08 Å². The molecule has 2 aliphatic rings. The second kappa shape index (κ2) is 7.23. The molecule has 2 heterocycles. The minimum absolute atomic E-state index is 0.00716. The zero-order valence-electron chi connectivity index (χ0n) is 13.3. The maximum Gasteiger partial charge on any atom is 0.246 e. The van der Waals surface area contributed by atoms with Crippen LogP contribution in [-0.2, 0) is 9.59 Å². The van der Waals surface area contributed by atoms with Gasteiger partial charge in [-0.3, -0.25) is 14.5 Å². The van der Waals surface area contributed by atoms with E-state index >= 15 is 0 Å². The zero-order chi connectivity index (χ0) is 16.2. The van der Waals surface area contributed by atoms with Crippen molar-refractivity contribution in [3.05, 3.63) is 22.7 Å². The van der Waals surface area contributed by atoms with E-state index in [0.717, 1.165) is 31.6 Å². The number of hydrogen-bond acceptors (Lipinski definition) is 5. The molecule has 3 rings (SSSR count). The highest BCUT2D eigenvalue weighted by Gasteiger charge is 2.30. The minimum Gasteiger partial charge on any atom is -0.352 e. The van der Waals surface area contributed by atoms with Crippen molar-refractivity contribution in [3.8, 4) is 0 Å². The van der Waals surface area contributed by atoms with Crippen LogP contribution in [0, 0.1) is 0 Å². The molecule has 2 amide bonds.